The smallest absolute Gasteiger partial charge is 0.324 e. The number of hydrogen-bond donors (Lipinski definition) is 1. The van der Waals surface area contributed by atoms with Crippen LogP contribution in [0.1, 0.15) is 13.8 Å². The van der Waals surface area contributed by atoms with Crippen LogP contribution in [-0.2, 0) is 19.6 Å². The molecule has 0 aliphatic carbocycles. The van der Waals surface area contributed by atoms with E-state index in [0.29, 0.717) is 0 Å². The Morgan fingerprint density at radius 2 is 2.11 bits per heavy atom. The minimum absolute atomic E-state index is 0.0369. The maximum atomic E-state index is 12.1. The molecule has 1 N–H and O–H groups in total. The second-order valence-corrected chi connectivity index (χ2v) is 6.26. The second kappa shape index (κ2) is 6.31. The highest BCUT2D eigenvalue weighted by Crippen LogP contribution is 2.20. The van der Waals surface area contributed by atoms with Crippen LogP contribution in [-0.4, -0.2) is 32.5 Å². The van der Waals surface area contributed by atoms with Crippen molar-refractivity contribution in [2.24, 2.45) is 5.92 Å². The first-order valence-electron chi connectivity index (χ1n) is 5.49. The molecule has 1 aromatic heterocycles. The Bertz CT molecular complexity index is 560. The lowest BCUT2D eigenvalue weighted by atomic mass is 10.1. The molecule has 0 aromatic carbocycles. The lowest BCUT2D eigenvalue weighted by Gasteiger charge is -2.19. The fourth-order valence-electron chi connectivity index (χ4n) is 1.37. The largest absolute Gasteiger partial charge is 0.468 e. The van der Waals surface area contributed by atoms with Crippen LogP contribution in [0, 0.1) is 5.92 Å². The van der Waals surface area contributed by atoms with Crippen LogP contribution in [0.4, 0.5) is 0 Å². The van der Waals surface area contributed by atoms with Crippen LogP contribution in [0.3, 0.4) is 0 Å². The first-order valence-corrected chi connectivity index (χ1v) is 7.35. The van der Waals surface area contributed by atoms with E-state index in [1.165, 1.54) is 19.4 Å². The van der Waals surface area contributed by atoms with Crippen molar-refractivity contribution < 1.29 is 17.9 Å². The standard InChI is InChI=1S/C11H15ClN2O4S/c1-7(2)10(11(15)18-3)14-19(16,17)9-6-13-5-4-8(9)12/h4-7,10,14H,1-3H3. The van der Waals surface area contributed by atoms with Gasteiger partial charge in [-0.3, -0.25) is 9.78 Å². The van der Waals surface area contributed by atoms with E-state index in [4.69, 9.17) is 11.6 Å². The van der Waals surface area contributed by atoms with Crippen molar-refractivity contribution in [2.45, 2.75) is 24.8 Å². The highest BCUT2D eigenvalue weighted by Gasteiger charge is 2.30. The van der Waals surface area contributed by atoms with Gasteiger partial charge in [0.25, 0.3) is 0 Å². The average molecular weight is 307 g/mol. The first kappa shape index (κ1) is 15.9. The number of sulfonamides is 1. The zero-order valence-electron chi connectivity index (χ0n) is 10.8. The number of aromatic nitrogens is 1. The molecule has 0 amide bonds. The SMILES string of the molecule is COC(=O)C(NS(=O)(=O)c1cnccc1Cl)C(C)C. The molecule has 6 nitrogen and oxygen atoms in total. The predicted molar refractivity (Wildman–Crippen MR) is 70.2 cm³/mol. The van der Waals surface area contributed by atoms with E-state index in [1.807, 2.05) is 0 Å². The molecule has 1 atom stereocenters. The summed E-state index contributed by atoms with van der Waals surface area (Å²) >= 11 is 5.81. The van der Waals surface area contributed by atoms with Gasteiger partial charge in [-0.05, 0) is 12.0 Å². The maximum absolute atomic E-state index is 12.1. The van der Waals surface area contributed by atoms with Crippen molar-refractivity contribution in [1.82, 2.24) is 9.71 Å². The molecule has 0 spiro atoms. The van der Waals surface area contributed by atoms with Gasteiger partial charge in [0.2, 0.25) is 10.0 Å². The molecule has 8 heteroatoms. The summed E-state index contributed by atoms with van der Waals surface area (Å²) in [5.41, 5.74) is 0. The third-order valence-corrected chi connectivity index (χ3v) is 4.34. The number of rotatable bonds is 5. The van der Waals surface area contributed by atoms with Crippen molar-refractivity contribution in [3.05, 3.63) is 23.5 Å². The number of nitrogens with one attached hydrogen (secondary N) is 1. The van der Waals surface area contributed by atoms with Crippen molar-refractivity contribution >= 4 is 27.6 Å². The summed E-state index contributed by atoms with van der Waals surface area (Å²) in [6.45, 7) is 3.41. The van der Waals surface area contributed by atoms with E-state index in [2.05, 4.69) is 14.4 Å². The summed E-state index contributed by atoms with van der Waals surface area (Å²) in [6.07, 6.45) is 2.50. The topological polar surface area (TPSA) is 85.4 Å². The first-order chi connectivity index (χ1) is 8.79. The highest BCUT2D eigenvalue weighted by molar-refractivity contribution is 7.89. The third-order valence-electron chi connectivity index (χ3n) is 2.43. The number of hydrogen-bond acceptors (Lipinski definition) is 5. The van der Waals surface area contributed by atoms with Crippen LogP contribution in [0.5, 0.6) is 0 Å². The van der Waals surface area contributed by atoms with Crippen molar-refractivity contribution in [2.75, 3.05) is 7.11 Å². The fourth-order valence-corrected chi connectivity index (χ4v) is 3.14. The molecule has 0 aliphatic heterocycles. The quantitative estimate of drug-likeness (QED) is 0.826. The molecule has 0 fully saturated rings. The van der Waals surface area contributed by atoms with Crippen LogP contribution < -0.4 is 4.72 Å². The fraction of sp³-hybridized carbons (Fsp3) is 0.455. The number of esters is 1. The molecule has 0 radical (unpaired) electrons. The maximum Gasteiger partial charge on any atom is 0.324 e. The summed E-state index contributed by atoms with van der Waals surface area (Å²) < 4.78 is 31.1. The number of ether oxygens (including phenoxy) is 1. The Morgan fingerprint density at radius 3 is 2.58 bits per heavy atom. The van der Waals surface area contributed by atoms with Gasteiger partial charge in [0, 0.05) is 12.4 Å². The minimum Gasteiger partial charge on any atom is -0.468 e. The summed E-state index contributed by atoms with van der Waals surface area (Å²) in [7, 11) is -2.74. The molecule has 1 unspecified atom stereocenters. The average Bonchev–Trinajstić information content (AvgIpc) is 2.35. The summed E-state index contributed by atoms with van der Waals surface area (Å²) in [6, 6.07) is 0.379. The van der Waals surface area contributed by atoms with Gasteiger partial charge in [-0.15, -0.1) is 0 Å². The number of carbonyl (C=O) groups excluding carboxylic acids is 1. The number of halogens is 1. The zero-order valence-corrected chi connectivity index (χ0v) is 12.3. The highest BCUT2D eigenvalue weighted by atomic mass is 35.5. The molecule has 106 valence electrons. The van der Waals surface area contributed by atoms with Gasteiger partial charge in [-0.25, -0.2) is 8.42 Å². The van der Waals surface area contributed by atoms with Crippen molar-refractivity contribution in [1.29, 1.82) is 0 Å². The van der Waals surface area contributed by atoms with Crippen LogP contribution in [0.15, 0.2) is 23.4 Å². The minimum atomic E-state index is -3.94. The number of methoxy groups -OCH3 is 1. The summed E-state index contributed by atoms with van der Waals surface area (Å²) in [4.78, 5) is 15.1. The third kappa shape index (κ3) is 3.89. The van der Waals surface area contributed by atoms with E-state index in [9.17, 15) is 13.2 Å². The molecule has 1 aromatic rings. The summed E-state index contributed by atoms with van der Waals surface area (Å²) in [5.74, 6) is -0.920. The lowest BCUT2D eigenvalue weighted by Crippen LogP contribution is -2.44. The normalized spacial score (nSPS) is 13.3. The van der Waals surface area contributed by atoms with E-state index in [0.717, 1.165) is 6.20 Å². The molecule has 19 heavy (non-hydrogen) atoms. The molecule has 1 rings (SSSR count). The van der Waals surface area contributed by atoms with Gasteiger partial charge < -0.3 is 4.74 Å². The lowest BCUT2D eigenvalue weighted by molar-refractivity contribution is -0.143. The molecule has 0 bridgehead atoms. The number of carbonyl (C=O) groups is 1. The van der Waals surface area contributed by atoms with Gasteiger partial charge in [0.05, 0.1) is 12.1 Å². The Balaban J connectivity index is 3.08. The Labute approximate surface area is 117 Å². The molecule has 0 saturated heterocycles. The second-order valence-electron chi connectivity index (χ2n) is 4.17. The number of nitrogens with zero attached hydrogens (tertiary/aromatic N) is 1. The van der Waals surface area contributed by atoms with Gasteiger partial charge in [-0.2, -0.15) is 4.72 Å². The van der Waals surface area contributed by atoms with E-state index in [-0.39, 0.29) is 15.8 Å². The van der Waals surface area contributed by atoms with Gasteiger partial charge >= 0.3 is 5.97 Å². The Hall–Kier alpha value is -1.18. The van der Waals surface area contributed by atoms with E-state index < -0.39 is 22.0 Å². The van der Waals surface area contributed by atoms with E-state index in [1.54, 1.807) is 13.8 Å². The zero-order chi connectivity index (χ0) is 14.6. The van der Waals surface area contributed by atoms with Crippen LogP contribution in [0.2, 0.25) is 5.02 Å². The van der Waals surface area contributed by atoms with Gasteiger partial charge in [0.1, 0.15) is 10.9 Å². The molecular formula is C11H15ClN2O4S. The summed E-state index contributed by atoms with van der Waals surface area (Å²) in [5, 5.41) is 0.0369. The Kier molecular flexibility index (Phi) is 5.28. The van der Waals surface area contributed by atoms with Crippen LogP contribution in [0.25, 0.3) is 0 Å². The molecule has 1 heterocycles. The molecule has 0 aliphatic rings. The van der Waals surface area contributed by atoms with Gasteiger partial charge in [-0.1, -0.05) is 25.4 Å². The van der Waals surface area contributed by atoms with Crippen LogP contribution >= 0.6 is 11.6 Å². The molecule has 0 saturated carbocycles. The Morgan fingerprint density at radius 1 is 1.47 bits per heavy atom. The van der Waals surface area contributed by atoms with E-state index >= 15 is 0 Å². The monoisotopic (exact) mass is 306 g/mol. The predicted octanol–water partition coefficient (Wildman–Crippen LogP) is 1.21. The number of pyridine rings is 1. The van der Waals surface area contributed by atoms with Crippen molar-refractivity contribution in [3.63, 3.8) is 0 Å². The molecular weight excluding hydrogens is 292 g/mol. The van der Waals surface area contributed by atoms with Crippen molar-refractivity contribution in [3.8, 4) is 0 Å². The van der Waals surface area contributed by atoms with Gasteiger partial charge in [0.15, 0.2) is 0 Å².